The maximum atomic E-state index is 7.64. The Kier molecular flexibility index (Phi) is 9.35. The zero-order valence-corrected chi connectivity index (χ0v) is 35.6. The van der Waals surface area contributed by atoms with Crippen LogP contribution in [-0.2, 0) is 5.60 Å². The van der Waals surface area contributed by atoms with Crippen molar-refractivity contribution in [1.82, 2.24) is 4.57 Å². The second-order valence-electron chi connectivity index (χ2n) is 16.5. The van der Waals surface area contributed by atoms with Crippen molar-refractivity contribution in [1.29, 1.82) is 0 Å². The molecule has 1 atom stereocenters. The second-order valence-corrected chi connectivity index (χ2v) is 16.5. The summed E-state index contributed by atoms with van der Waals surface area (Å²) in [7, 11) is 0. The molecule has 0 N–H and O–H groups in total. The van der Waals surface area contributed by atoms with Crippen LogP contribution in [0.15, 0.2) is 261 Å². The van der Waals surface area contributed by atoms with Gasteiger partial charge in [0, 0.05) is 78.9 Å². The number of para-hydroxylation sites is 5. The van der Waals surface area contributed by atoms with Crippen molar-refractivity contribution in [3.63, 3.8) is 0 Å². The van der Waals surface area contributed by atoms with E-state index >= 15 is 0 Å². The number of hydrogen-bond acceptors (Lipinski definition) is 3. The summed E-state index contributed by atoms with van der Waals surface area (Å²) in [6, 6.07) is 92.9. The first-order chi connectivity index (χ1) is 32.2. The van der Waals surface area contributed by atoms with Crippen molar-refractivity contribution < 1.29 is 4.74 Å². The molecule has 4 heteroatoms. The van der Waals surface area contributed by atoms with Gasteiger partial charge in [0.25, 0.3) is 0 Å². The molecule has 0 radical (unpaired) electrons. The molecule has 11 aromatic rings. The number of anilines is 6. The van der Waals surface area contributed by atoms with E-state index < -0.39 is 5.60 Å². The number of benzene rings is 10. The molecule has 0 spiro atoms. The molecule has 2 heterocycles. The summed E-state index contributed by atoms with van der Waals surface area (Å²) in [6.07, 6.45) is 0. The lowest BCUT2D eigenvalue weighted by Gasteiger charge is -2.42. The summed E-state index contributed by atoms with van der Waals surface area (Å²) in [5.41, 5.74) is 14.2. The molecule has 1 aliphatic rings. The van der Waals surface area contributed by atoms with Gasteiger partial charge in [-0.3, -0.25) is 0 Å². The van der Waals surface area contributed by atoms with Gasteiger partial charge in [-0.05, 0) is 96.6 Å². The van der Waals surface area contributed by atoms with Crippen molar-refractivity contribution in [3.05, 3.63) is 278 Å². The monoisotopic (exact) mass is 833 g/mol. The molecule has 0 saturated carbocycles. The number of fused-ring (bicyclic) bond motifs is 6. The highest BCUT2D eigenvalue weighted by Gasteiger charge is 2.44. The van der Waals surface area contributed by atoms with E-state index in [2.05, 4.69) is 275 Å². The van der Waals surface area contributed by atoms with Crippen LogP contribution in [0.25, 0.3) is 38.6 Å². The fourth-order valence-electron chi connectivity index (χ4n) is 9.89. The fourth-order valence-corrected chi connectivity index (χ4v) is 9.89. The number of nitrogens with zero attached hydrogens (tertiary/aromatic N) is 3. The van der Waals surface area contributed by atoms with Gasteiger partial charge in [0.15, 0.2) is 5.60 Å². The third-order valence-corrected chi connectivity index (χ3v) is 12.8. The summed E-state index contributed by atoms with van der Waals surface area (Å²) < 4.78 is 10.0. The molecular formula is C61H43N3O. The minimum Gasteiger partial charge on any atom is -0.472 e. The van der Waals surface area contributed by atoms with Gasteiger partial charge < -0.3 is 19.1 Å². The van der Waals surface area contributed by atoms with Gasteiger partial charge in [-0.15, -0.1) is 0 Å². The largest absolute Gasteiger partial charge is 0.472 e. The van der Waals surface area contributed by atoms with Gasteiger partial charge in [-0.25, -0.2) is 0 Å². The van der Waals surface area contributed by atoms with Gasteiger partial charge in [0.1, 0.15) is 5.75 Å². The van der Waals surface area contributed by atoms with Crippen LogP contribution in [0.4, 0.5) is 34.1 Å². The minimum absolute atomic E-state index is 0.819. The minimum atomic E-state index is -0.959. The molecule has 0 saturated heterocycles. The lowest BCUT2D eigenvalue weighted by molar-refractivity contribution is 0.152. The Labute approximate surface area is 379 Å². The molecule has 10 aromatic carbocycles. The van der Waals surface area contributed by atoms with Crippen LogP contribution in [-0.4, -0.2) is 4.57 Å². The molecule has 0 bridgehead atoms. The quantitative estimate of drug-likeness (QED) is 0.145. The van der Waals surface area contributed by atoms with Gasteiger partial charge in [0.05, 0.1) is 11.0 Å². The fraction of sp³-hybridized carbons (Fsp3) is 0.0164. The summed E-state index contributed by atoms with van der Waals surface area (Å²) in [5.74, 6) is 0.819. The average Bonchev–Trinajstić information content (AvgIpc) is 3.71. The number of aromatic nitrogens is 1. The highest BCUT2D eigenvalue weighted by atomic mass is 16.5. The second kappa shape index (κ2) is 15.9. The third kappa shape index (κ3) is 6.46. The Morgan fingerprint density at radius 3 is 1.43 bits per heavy atom. The third-order valence-electron chi connectivity index (χ3n) is 12.8. The summed E-state index contributed by atoms with van der Waals surface area (Å²) >= 11 is 0. The Hall–Kier alpha value is -8.60. The molecule has 0 aliphatic carbocycles. The summed E-state index contributed by atoms with van der Waals surface area (Å²) in [6.45, 7) is 0. The Bertz CT molecular complexity index is 3410. The van der Waals surface area contributed by atoms with Gasteiger partial charge >= 0.3 is 0 Å². The molecule has 12 rings (SSSR count). The van der Waals surface area contributed by atoms with Crippen LogP contribution in [0.3, 0.4) is 0 Å². The van der Waals surface area contributed by atoms with E-state index in [1.807, 2.05) is 0 Å². The maximum absolute atomic E-state index is 7.64. The first kappa shape index (κ1) is 38.1. The van der Waals surface area contributed by atoms with Crippen molar-refractivity contribution in [2.24, 2.45) is 0 Å². The topological polar surface area (TPSA) is 20.6 Å². The lowest BCUT2D eigenvalue weighted by atomic mass is 9.75. The molecule has 1 aliphatic heterocycles. The SMILES string of the molecule is c1ccc(N(c2ccccc2)c2ccc3c(c2)OC(c2ccccc2)(c2ccc(N(c4ccccc4)c4ccc5c6ccccc6n(-c6ccccc6)c5c4)cc2)c2ccccc2-3)cc1. The predicted octanol–water partition coefficient (Wildman–Crippen LogP) is 16.1. The van der Waals surface area contributed by atoms with Gasteiger partial charge in [0.2, 0.25) is 0 Å². The first-order valence-electron chi connectivity index (χ1n) is 22.2. The molecule has 1 aromatic heterocycles. The molecule has 308 valence electrons. The summed E-state index contributed by atoms with van der Waals surface area (Å²) in [4.78, 5) is 4.64. The first-order valence-corrected chi connectivity index (χ1v) is 22.2. The van der Waals surface area contributed by atoms with E-state index in [0.717, 1.165) is 78.9 Å². The Balaban J connectivity index is 1.02. The maximum Gasteiger partial charge on any atom is 0.185 e. The molecule has 4 nitrogen and oxygen atoms in total. The zero-order chi connectivity index (χ0) is 43.2. The van der Waals surface area contributed by atoms with E-state index in [1.54, 1.807) is 0 Å². The Morgan fingerprint density at radius 1 is 0.323 bits per heavy atom. The normalized spacial score (nSPS) is 14.0. The smallest absolute Gasteiger partial charge is 0.185 e. The molecular weight excluding hydrogens is 791 g/mol. The van der Waals surface area contributed by atoms with Crippen molar-refractivity contribution >= 4 is 55.9 Å². The van der Waals surface area contributed by atoms with E-state index in [1.165, 1.54) is 16.3 Å². The van der Waals surface area contributed by atoms with Crippen molar-refractivity contribution in [2.75, 3.05) is 9.80 Å². The van der Waals surface area contributed by atoms with Crippen LogP contribution >= 0.6 is 0 Å². The number of hydrogen-bond donors (Lipinski definition) is 0. The molecule has 0 amide bonds. The average molecular weight is 834 g/mol. The van der Waals surface area contributed by atoms with Crippen molar-refractivity contribution in [2.45, 2.75) is 5.60 Å². The predicted molar refractivity (Wildman–Crippen MR) is 269 cm³/mol. The van der Waals surface area contributed by atoms with Crippen LogP contribution in [0.1, 0.15) is 16.7 Å². The van der Waals surface area contributed by atoms with Crippen LogP contribution in [0.5, 0.6) is 5.75 Å². The van der Waals surface area contributed by atoms with E-state index in [-0.39, 0.29) is 0 Å². The van der Waals surface area contributed by atoms with Crippen molar-refractivity contribution in [3.8, 4) is 22.6 Å². The van der Waals surface area contributed by atoms with Crippen LogP contribution in [0, 0.1) is 0 Å². The van der Waals surface area contributed by atoms with Gasteiger partial charge in [-0.2, -0.15) is 0 Å². The number of rotatable bonds is 9. The Morgan fingerprint density at radius 2 is 0.785 bits per heavy atom. The molecule has 0 fully saturated rings. The highest BCUT2D eigenvalue weighted by molar-refractivity contribution is 6.10. The van der Waals surface area contributed by atoms with Gasteiger partial charge in [-0.1, -0.05) is 164 Å². The summed E-state index contributed by atoms with van der Waals surface area (Å²) in [5, 5.41) is 2.45. The molecule has 1 unspecified atom stereocenters. The van der Waals surface area contributed by atoms with E-state index in [0.29, 0.717) is 0 Å². The molecule has 65 heavy (non-hydrogen) atoms. The van der Waals surface area contributed by atoms with E-state index in [9.17, 15) is 0 Å². The van der Waals surface area contributed by atoms with E-state index in [4.69, 9.17) is 4.74 Å². The standard InChI is InChI=1S/C61H43N3O/c1-6-20-44(21-7-1)61(57-32-18-16-30-53(57)56-41-39-52(43-60(56)65-61)62(46-22-8-2-9-23-46)47-24-10-3-11-25-47)45-34-36-50(37-35-45)63(48-26-12-4-13-27-48)51-38-40-55-54-31-17-19-33-58(54)64(59(55)42-51)49-28-14-5-15-29-49/h1-43H. The lowest BCUT2D eigenvalue weighted by Crippen LogP contribution is -2.38. The van der Waals surface area contributed by atoms with Crippen LogP contribution < -0.4 is 14.5 Å². The zero-order valence-electron chi connectivity index (χ0n) is 35.6. The number of ether oxygens (including phenoxy) is 1. The highest BCUT2D eigenvalue weighted by Crippen LogP contribution is 2.53. The van der Waals surface area contributed by atoms with Crippen LogP contribution in [0.2, 0.25) is 0 Å².